The van der Waals surface area contributed by atoms with Gasteiger partial charge in [0.25, 0.3) is 0 Å². The van der Waals surface area contributed by atoms with Crippen molar-refractivity contribution < 1.29 is 9.84 Å². The van der Waals surface area contributed by atoms with E-state index in [-0.39, 0.29) is 0 Å². The number of aromatic nitrogens is 1. The maximum Gasteiger partial charge on any atom is 0.0797 e. The van der Waals surface area contributed by atoms with Crippen molar-refractivity contribution in [3.05, 3.63) is 42.1 Å². The fourth-order valence-electron chi connectivity index (χ4n) is 1.99. The van der Waals surface area contributed by atoms with E-state index in [4.69, 9.17) is 4.74 Å². The molecule has 0 amide bonds. The molecule has 2 rings (SSSR count). The van der Waals surface area contributed by atoms with Crippen molar-refractivity contribution in [2.75, 3.05) is 13.7 Å². The minimum Gasteiger partial charge on any atom is -0.388 e. The summed E-state index contributed by atoms with van der Waals surface area (Å²) in [6.07, 6.45) is 2.89. The van der Waals surface area contributed by atoms with E-state index < -0.39 is 6.10 Å². The lowest BCUT2D eigenvalue weighted by atomic mass is 10.0. The van der Waals surface area contributed by atoms with Gasteiger partial charge in [-0.25, -0.2) is 0 Å². The van der Waals surface area contributed by atoms with Gasteiger partial charge in [-0.15, -0.1) is 0 Å². The maximum atomic E-state index is 10.2. The van der Waals surface area contributed by atoms with Crippen molar-refractivity contribution >= 4 is 10.9 Å². The molecular formula is C14H17NO2. The Labute approximate surface area is 101 Å². The van der Waals surface area contributed by atoms with Crippen molar-refractivity contribution in [1.29, 1.82) is 0 Å². The van der Waals surface area contributed by atoms with Crippen LogP contribution in [0.25, 0.3) is 10.9 Å². The smallest absolute Gasteiger partial charge is 0.0797 e. The number of hydrogen-bond acceptors (Lipinski definition) is 3. The Kier molecular flexibility index (Phi) is 4.07. The second kappa shape index (κ2) is 5.75. The summed E-state index contributed by atoms with van der Waals surface area (Å²) in [7, 11) is 1.67. The molecule has 0 fully saturated rings. The molecule has 1 atom stereocenters. The molecule has 0 aliphatic carbocycles. The molecule has 1 unspecified atom stereocenters. The van der Waals surface area contributed by atoms with E-state index in [1.807, 2.05) is 30.3 Å². The van der Waals surface area contributed by atoms with Gasteiger partial charge in [0.2, 0.25) is 0 Å². The minimum atomic E-state index is -0.446. The molecule has 0 bridgehead atoms. The summed E-state index contributed by atoms with van der Waals surface area (Å²) in [5.74, 6) is 0. The van der Waals surface area contributed by atoms with E-state index in [0.29, 0.717) is 13.0 Å². The monoisotopic (exact) mass is 231 g/mol. The molecule has 17 heavy (non-hydrogen) atoms. The van der Waals surface area contributed by atoms with Crippen LogP contribution in [-0.4, -0.2) is 23.8 Å². The number of rotatable bonds is 5. The van der Waals surface area contributed by atoms with Gasteiger partial charge in [0.05, 0.1) is 11.6 Å². The lowest BCUT2D eigenvalue weighted by Crippen LogP contribution is -2.01. The average Bonchev–Trinajstić information content (AvgIpc) is 2.38. The summed E-state index contributed by atoms with van der Waals surface area (Å²) in [5.41, 5.74) is 1.88. The highest BCUT2D eigenvalue weighted by Crippen LogP contribution is 2.25. The first kappa shape index (κ1) is 12.0. The fraction of sp³-hybridized carbons (Fsp3) is 0.357. The first-order valence-electron chi connectivity index (χ1n) is 5.83. The SMILES string of the molecule is COCCCC(O)c1cccc2ncccc12. The number of benzene rings is 1. The van der Waals surface area contributed by atoms with Crippen molar-refractivity contribution in [2.24, 2.45) is 0 Å². The predicted octanol–water partition coefficient (Wildman–Crippen LogP) is 2.69. The van der Waals surface area contributed by atoms with Gasteiger partial charge >= 0.3 is 0 Å². The van der Waals surface area contributed by atoms with Crippen LogP contribution in [0.15, 0.2) is 36.5 Å². The third kappa shape index (κ3) is 2.81. The molecule has 1 N–H and O–H groups in total. The maximum absolute atomic E-state index is 10.2. The molecule has 0 spiro atoms. The Bertz CT molecular complexity index is 479. The van der Waals surface area contributed by atoms with Crippen LogP contribution in [0.1, 0.15) is 24.5 Å². The summed E-state index contributed by atoms with van der Waals surface area (Å²) < 4.78 is 4.99. The van der Waals surface area contributed by atoms with Gasteiger partial charge in [0.1, 0.15) is 0 Å². The molecule has 0 saturated carbocycles. The number of fused-ring (bicyclic) bond motifs is 1. The number of pyridine rings is 1. The minimum absolute atomic E-state index is 0.446. The van der Waals surface area contributed by atoms with Gasteiger partial charge in [0, 0.05) is 25.3 Å². The van der Waals surface area contributed by atoms with E-state index >= 15 is 0 Å². The second-order valence-corrected chi connectivity index (χ2v) is 4.07. The number of aliphatic hydroxyl groups excluding tert-OH is 1. The Morgan fingerprint density at radius 1 is 1.29 bits per heavy atom. The molecule has 1 heterocycles. The largest absolute Gasteiger partial charge is 0.388 e. The Morgan fingerprint density at radius 3 is 3.00 bits per heavy atom. The number of ether oxygens (including phenoxy) is 1. The molecule has 0 radical (unpaired) electrons. The van der Waals surface area contributed by atoms with Crippen LogP contribution in [-0.2, 0) is 4.74 Å². The lowest BCUT2D eigenvalue weighted by Gasteiger charge is -2.13. The zero-order chi connectivity index (χ0) is 12.1. The van der Waals surface area contributed by atoms with Gasteiger partial charge in [-0.3, -0.25) is 4.98 Å². The highest BCUT2D eigenvalue weighted by Gasteiger charge is 2.10. The molecular weight excluding hydrogens is 214 g/mol. The number of aliphatic hydroxyl groups is 1. The summed E-state index contributed by atoms with van der Waals surface area (Å²) in [6.45, 7) is 0.681. The molecule has 2 aromatic rings. The molecule has 1 aromatic heterocycles. The summed E-state index contributed by atoms with van der Waals surface area (Å²) in [6, 6.07) is 9.75. The van der Waals surface area contributed by atoms with E-state index in [2.05, 4.69) is 4.98 Å². The molecule has 0 aliphatic heterocycles. The van der Waals surface area contributed by atoms with Crippen LogP contribution in [0, 0.1) is 0 Å². The van der Waals surface area contributed by atoms with Crippen LogP contribution in [0.3, 0.4) is 0 Å². The Balaban J connectivity index is 2.22. The van der Waals surface area contributed by atoms with Gasteiger partial charge in [-0.2, -0.15) is 0 Å². The zero-order valence-corrected chi connectivity index (χ0v) is 9.97. The number of hydrogen-bond donors (Lipinski definition) is 1. The van der Waals surface area contributed by atoms with Crippen molar-refractivity contribution in [3.63, 3.8) is 0 Å². The highest BCUT2D eigenvalue weighted by molar-refractivity contribution is 5.82. The topological polar surface area (TPSA) is 42.4 Å². The van der Waals surface area contributed by atoms with E-state index in [9.17, 15) is 5.11 Å². The predicted molar refractivity (Wildman–Crippen MR) is 67.8 cm³/mol. The standard InChI is InChI=1S/C14H17NO2/c1-17-10-4-8-14(16)12-5-2-7-13-11(12)6-3-9-15-13/h2-3,5-7,9,14,16H,4,8,10H2,1H3. The summed E-state index contributed by atoms with van der Waals surface area (Å²) in [5, 5.41) is 11.2. The number of methoxy groups -OCH3 is 1. The molecule has 1 aromatic carbocycles. The van der Waals surface area contributed by atoms with Crippen molar-refractivity contribution in [2.45, 2.75) is 18.9 Å². The van der Waals surface area contributed by atoms with Crippen molar-refractivity contribution in [1.82, 2.24) is 4.98 Å². The van der Waals surface area contributed by atoms with Crippen molar-refractivity contribution in [3.8, 4) is 0 Å². The van der Waals surface area contributed by atoms with E-state index in [1.165, 1.54) is 0 Å². The van der Waals surface area contributed by atoms with Gasteiger partial charge < -0.3 is 9.84 Å². The lowest BCUT2D eigenvalue weighted by molar-refractivity contribution is 0.137. The molecule has 3 nitrogen and oxygen atoms in total. The molecule has 0 aliphatic rings. The van der Waals surface area contributed by atoms with E-state index in [1.54, 1.807) is 13.3 Å². The third-order valence-corrected chi connectivity index (χ3v) is 2.86. The third-order valence-electron chi connectivity index (χ3n) is 2.86. The quantitative estimate of drug-likeness (QED) is 0.804. The normalized spacial score (nSPS) is 12.8. The molecule has 90 valence electrons. The van der Waals surface area contributed by atoms with E-state index in [0.717, 1.165) is 22.9 Å². The second-order valence-electron chi connectivity index (χ2n) is 4.07. The van der Waals surface area contributed by atoms with Gasteiger partial charge in [-0.1, -0.05) is 18.2 Å². The van der Waals surface area contributed by atoms with Crippen LogP contribution >= 0.6 is 0 Å². The van der Waals surface area contributed by atoms with Gasteiger partial charge in [-0.05, 0) is 30.5 Å². The zero-order valence-electron chi connectivity index (χ0n) is 9.97. The van der Waals surface area contributed by atoms with Crippen LogP contribution in [0.2, 0.25) is 0 Å². The summed E-state index contributed by atoms with van der Waals surface area (Å²) >= 11 is 0. The first-order chi connectivity index (χ1) is 8.33. The molecule has 0 saturated heterocycles. The fourth-order valence-corrected chi connectivity index (χ4v) is 1.99. The van der Waals surface area contributed by atoms with Crippen LogP contribution in [0.5, 0.6) is 0 Å². The number of nitrogens with zero attached hydrogens (tertiary/aromatic N) is 1. The van der Waals surface area contributed by atoms with Crippen LogP contribution < -0.4 is 0 Å². The van der Waals surface area contributed by atoms with Crippen LogP contribution in [0.4, 0.5) is 0 Å². The Morgan fingerprint density at radius 2 is 2.18 bits per heavy atom. The first-order valence-corrected chi connectivity index (χ1v) is 5.83. The summed E-state index contributed by atoms with van der Waals surface area (Å²) in [4.78, 5) is 4.28. The highest BCUT2D eigenvalue weighted by atomic mass is 16.5. The Hall–Kier alpha value is -1.45. The average molecular weight is 231 g/mol. The van der Waals surface area contributed by atoms with Gasteiger partial charge in [0.15, 0.2) is 0 Å². The molecule has 3 heteroatoms.